The van der Waals surface area contributed by atoms with E-state index in [9.17, 15) is 4.79 Å². The molecule has 0 N–H and O–H groups in total. The number of hydrogen-bond acceptors (Lipinski definition) is 7. The van der Waals surface area contributed by atoms with Crippen LogP contribution in [0.2, 0.25) is 5.02 Å². The van der Waals surface area contributed by atoms with Crippen molar-refractivity contribution in [3.8, 4) is 11.5 Å². The van der Waals surface area contributed by atoms with Crippen molar-refractivity contribution < 1.29 is 19.0 Å². The maximum absolute atomic E-state index is 13.6. The lowest BCUT2D eigenvalue weighted by Crippen LogP contribution is -2.47. The van der Waals surface area contributed by atoms with E-state index in [1.165, 1.54) is 11.3 Å². The van der Waals surface area contributed by atoms with Gasteiger partial charge in [0.05, 0.1) is 22.9 Å². The van der Waals surface area contributed by atoms with Crippen LogP contribution >= 0.6 is 35.3 Å². The predicted octanol–water partition coefficient (Wildman–Crippen LogP) is 4.27. The summed E-state index contributed by atoms with van der Waals surface area (Å²) in [5.74, 6) is 1.08. The van der Waals surface area contributed by atoms with Crippen molar-refractivity contribution in [1.29, 1.82) is 0 Å². The second kappa shape index (κ2) is 10.9. The number of carbonyl (C=O) groups is 1. The van der Waals surface area contributed by atoms with Gasteiger partial charge in [0.1, 0.15) is 12.1 Å². The Labute approximate surface area is 207 Å². The number of carbonyl (C=O) groups excluding carboxylic acids is 1. The molecule has 3 heterocycles. The number of fused-ring (bicyclic) bond motifs is 2. The van der Waals surface area contributed by atoms with Crippen molar-refractivity contribution >= 4 is 56.6 Å². The third-order valence-electron chi connectivity index (χ3n) is 5.60. The Hall–Kier alpha value is -2.10. The van der Waals surface area contributed by atoms with Crippen LogP contribution in [-0.4, -0.2) is 67.9 Å². The lowest BCUT2D eigenvalue weighted by Gasteiger charge is -2.31. The van der Waals surface area contributed by atoms with Crippen LogP contribution in [0.3, 0.4) is 0 Å². The summed E-state index contributed by atoms with van der Waals surface area (Å²) >= 11 is 7.81. The summed E-state index contributed by atoms with van der Waals surface area (Å²) in [4.78, 5) is 22.4. The standard InChI is InChI=1S/C23H24ClN3O4S.ClH/c24-16-5-3-8-20-21(16)25-23(32-20)27(10-4-9-26-11-13-29-14-12-26)22(28)19-15-30-17-6-1-2-7-18(17)31-19;/h1-3,5-8,19H,4,9-15H2;1H. The quantitative estimate of drug-likeness (QED) is 0.494. The van der Waals surface area contributed by atoms with Crippen LogP contribution in [0.1, 0.15) is 6.42 Å². The molecule has 10 heteroatoms. The number of benzene rings is 2. The molecule has 0 bridgehead atoms. The first kappa shape index (κ1) is 24.0. The lowest BCUT2D eigenvalue weighted by molar-refractivity contribution is -0.127. The highest BCUT2D eigenvalue weighted by atomic mass is 35.5. The second-order valence-electron chi connectivity index (χ2n) is 7.74. The monoisotopic (exact) mass is 509 g/mol. The molecule has 33 heavy (non-hydrogen) atoms. The molecule has 7 nitrogen and oxygen atoms in total. The average molecular weight is 510 g/mol. The van der Waals surface area contributed by atoms with Crippen LogP contribution in [0.5, 0.6) is 11.5 Å². The van der Waals surface area contributed by atoms with Crippen LogP contribution in [0, 0.1) is 0 Å². The van der Waals surface area contributed by atoms with Crippen LogP contribution in [-0.2, 0) is 9.53 Å². The number of hydrogen-bond donors (Lipinski definition) is 0. The first-order chi connectivity index (χ1) is 15.7. The van der Waals surface area contributed by atoms with Crippen molar-refractivity contribution in [2.24, 2.45) is 0 Å². The molecule has 1 aromatic heterocycles. The smallest absolute Gasteiger partial charge is 0.273 e. The summed E-state index contributed by atoms with van der Waals surface area (Å²) < 4.78 is 18.2. The number of anilines is 1. The molecule has 0 spiro atoms. The fourth-order valence-electron chi connectivity index (χ4n) is 3.91. The normalized spacial score (nSPS) is 18.0. The number of thiazole rings is 1. The van der Waals surface area contributed by atoms with Crippen molar-refractivity contribution in [2.75, 3.05) is 50.9 Å². The van der Waals surface area contributed by atoms with Gasteiger partial charge in [-0.3, -0.25) is 14.6 Å². The number of aromatic nitrogens is 1. The van der Waals surface area contributed by atoms with E-state index in [4.69, 9.17) is 30.8 Å². The molecule has 2 aliphatic rings. The Kier molecular flexibility index (Phi) is 7.93. The highest BCUT2D eigenvalue weighted by Crippen LogP contribution is 2.35. The number of para-hydroxylation sites is 3. The Morgan fingerprint density at radius 1 is 1.15 bits per heavy atom. The van der Waals surface area contributed by atoms with Crippen molar-refractivity contribution in [3.63, 3.8) is 0 Å². The number of nitrogens with zero attached hydrogens (tertiary/aromatic N) is 3. The lowest BCUT2D eigenvalue weighted by atomic mass is 10.2. The minimum Gasteiger partial charge on any atom is -0.485 e. The maximum atomic E-state index is 13.6. The van der Waals surface area contributed by atoms with Gasteiger partial charge < -0.3 is 14.2 Å². The molecule has 3 aromatic rings. The molecule has 0 saturated carbocycles. The van der Waals surface area contributed by atoms with Gasteiger partial charge in [0.2, 0.25) is 6.10 Å². The van der Waals surface area contributed by atoms with Crippen LogP contribution < -0.4 is 14.4 Å². The minimum absolute atomic E-state index is 0. The SMILES string of the molecule is Cl.O=C(C1COc2ccccc2O1)N(CCCN1CCOCC1)c1nc2c(Cl)cccc2s1. The molecule has 2 aromatic carbocycles. The van der Waals surface area contributed by atoms with E-state index >= 15 is 0 Å². The first-order valence-electron chi connectivity index (χ1n) is 10.7. The number of halogens is 2. The van der Waals surface area contributed by atoms with Gasteiger partial charge in [0.25, 0.3) is 5.91 Å². The number of morpholine rings is 1. The fourth-order valence-corrected chi connectivity index (χ4v) is 5.21. The third-order valence-corrected chi connectivity index (χ3v) is 6.95. The Bertz CT molecular complexity index is 1110. The second-order valence-corrected chi connectivity index (χ2v) is 9.16. The Morgan fingerprint density at radius 2 is 1.94 bits per heavy atom. The van der Waals surface area contributed by atoms with Gasteiger partial charge in [-0.2, -0.15) is 0 Å². The van der Waals surface area contributed by atoms with Gasteiger partial charge in [-0.05, 0) is 30.7 Å². The van der Waals surface area contributed by atoms with Crippen molar-refractivity contribution in [3.05, 3.63) is 47.5 Å². The molecular formula is C23H25Cl2N3O4S. The molecule has 5 rings (SSSR count). The van der Waals surface area contributed by atoms with E-state index in [1.54, 1.807) is 4.90 Å². The van der Waals surface area contributed by atoms with Crippen LogP contribution in [0.15, 0.2) is 42.5 Å². The molecule has 1 atom stereocenters. The van der Waals surface area contributed by atoms with Crippen molar-refractivity contribution in [1.82, 2.24) is 9.88 Å². The molecule has 176 valence electrons. The zero-order chi connectivity index (χ0) is 21.9. The summed E-state index contributed by atoms with van der Waals surface area (Å²) in [5, 5.41) is 1.21. The number of rotatable bonds is 6. The largest absolute Gasteiger partial charge is 0.485 e. The zero-order valence-corrected chi connectivity index (χ0v) is 20.3. The van der Waals surface area contributed by atoms with E-state index in [0.29, 0.717) is 33.7 Å². The summed E-state index contributed by atoms with van der Waals surface area (Å²) in [6, 6.07) is 13.1. The average Bonchev–Trinajstić information content (AvgIpc) is 3.27. The third kappa shape index (κ3) is 5.36. The van der Waals surface area contributed by atoms with Gasteiger partial charge in [-0.15, -0.1) is 12.4 Å². The molecular weight excluding hydrogens is 485 g/mol. The van der Waals surface area contributed by atoms with Gasteiger partial charge in [0.15, 0.2) is 16.6 Å². The molecule has 0 aliphatic carbocycles. The highest BCUT2D eigenvalue weighted by molar-refractivity contribution is 7.22. The van der Waals surface area contributed by atoms with Gasteiger partial charge in [0, 0.05) is 26.2 Å². The van der Waals surface area contributed by atoms with E-state index < -0.39 is 6.10 Å². The maximum Gasteiger partial charge on any atom is 0.273 e. The summed E-state index contributed by atoms with van der Waals surface area (Å²) in [6.45, 7) is 4.94. The van der Waals surface area contributed by atoms with Crippen LogP contribution in [0.25, 0.3) is 10.2 Å². The molecule has 1 fully saturated rings. The molecule has 2 aliphatic heterocycles. The number of ether oxygens (including phenoxy) is 3. The molecule has 0 radical (unpaired) electrons. The summed E-state index contributed by atoms with van der Waals surface area (Å²) in [5.41, 5.74) is 0.714. The Balaban J connectivity index is 0.00000259. The highest BCUT2D eigenvalue weighted by Gasteiger charge is 2.33. The van der Waals surface area contributed by atoms with E-state index in [1.807, 2.05) is 42.5 Å². The molecule has 1 amide bonds. The fraction of sp³-hybridized carbons (Fsp3) is 0.391. The molecule has 1 saturated heterocycles. The van der Waals surface area contributed by atoms with Crippen LogP contribution in [0.4, 0.5) is 5.13 Å². The summed E-state index contributed by atoms with van der Waals surface area (Å²) in [7, 11) is 0. The first-order valence-corrected chi connectivity index (χ1v) is 11.9. The Morgan fingerprint density at radius 3 is 2.73 bits per heavy atom. The van der Waals surface area contributed by atoms with E-state index in [0.717, 1.165) is 44.0 Å². The topological polar surface area (TPSA) is 64.1 Å². The number of amides is 1. The van der Waals surface area contributed by atoms with E-state index in [-0.39, 0.29) is 24.9 Å². The minimum atomic E-state index is -0.726. The van der Waals surface area contributed by atoms with Gasteiger partial charge in [-0.1, -0.05) is 41.1 Å². The summed E-state index contributed by atoms with van der Waals surface area (Å²) in [6.07, 6.45) is 0.0929. The molecule has 1 unspecified atom stereocenters. The zero-order valence-electron chi connectivity index (χ0n) is 17.9. The van der Waals surface area contributed by atoms with Crippen molar-refractivity contribution in [2.45, 2.75) is 12.5 Å². The van der Waals surface area contributed by atoms with E-state index in [2.05, 4.69) is 4.90 Å². The van der Waals surface area contributed by atoms with Gasteiger partial charge in [-0.25, -0.2) is 4.98 Å². The van der Waals surface area contributed by atoms with Gasteiger partial charge >= 0.3 is 0 Å². The predicted molar refractivity (Wildman–Crippen MR) is 132 cm³/mol.